The van der Waals surface area contributed by atoms with E-state index in [0.717, 1.165) is 42.1 Å². The van der Waals surface area contributed by atoms with Crippen LogP contribution in [0.3, 0.4) is 0 Å². The van der Waals surface area contributed by atoms with E-state index in [4.69, 9.17) is 9.52 Å². The Morgan fingerprint density at radius 1 is 1.26 bits per heavy atom. The van der Waals surface area contributed by atoms with Gasteiger partial charge in [0, 0.05) is 17.9 Å². The summed E-state index contributed by atoms with van der Waals surface area (Å²) in [6.45, 7) is 0. The summed E-state index contributed by atoms with van der Waals surface area (Å²) in [5.41, 5.74) is 0.928. The molecule has 1 aromatic carbocycles. The highest BCUT2D eigenvalue weighted by molar-refractivity contribution is 5.80. The first-order chi connectivity index (χ1) is 9.25. The molecular weight excluding hydrogens is 240 g/mol. The van der Waals surface area contributed by atoms with Crippen LogP contribution < -0.4 is 0 Å². The Kier molecular flexibility index (Phi) is 4.56. The Bertz CT molecular complexity index is 572. The zero-order valence-electron chi connectivity index (χ0n) is 10.6. The van der Waals surface area contributed by atoms with Gasteiger partial charge >= 0.3 is 5.97 Å². The van der Waals surface area contributed by atoms with Gasteiger partial charge in [0.25, 0.3) is 0 Å². The number of hydrogen-bond acceptors (Lipinski definition) is 2. The van der Waals surface area contributed by atoms with E-state index < -0.39 is 5.97 Å². The fourth-order valence-corrected chi connectivity index (χ4v) is 1.87. The summed E-state index contributed by atoms with van der Waals surface area (Å²) in [5, 5.41) is 9.54. The molecule has 0 aliphatic heterocycles. The highest BCUT2D eigenvalue weighted by Gasteiger charge is 2.01. The number of hydrogen-bond donors (Lipinski definition) is 1. The van der Waals surface area contributed by atoms with Crippen LogP contribution in [0.1, 0.15) is 18.6 Å². The van der Waals surface area contributed by atoms with Crippen LogP contribution in [0.15, 0.2) is 59.1 Å². The molecule has 3 heteroatoms. The van der Waals surface area contributed by atoms with Crippen LogP contribution >= 0.6 is 0 Å². The van der Waals surface area contributed by atoms with Crippen LogP contribution in [0.5, 0.6) is 0 Å². The molecule has 0 aliphatic rings. The number of carbonyl (C=O) groups is 1. The summed E-state index contributed by atoms with van der Waals surface area (Å²) < 4.78 is 5.71. The molecule has 0 spiro atoms. The molecular formula is C16H16O3. The minimum absolute atomic E-state index is 0.891. The number of benzene rings is 1. The van der Waals surface area contributed by atoms with Crippen LogP contribution in [0.25, 0.3) is 11.0 Å². The van der Waals surface area contributed by atoms with Gasteiger partial charge in [0.2, 0.25) is 0 Å². The van der Waals surface area contributed by atoms with Gasteiger partial charge in [-0.05, 0) is 25.0 Å². The van der Waals surface area contributed by atoms with Crippen molar-refractivity contribution in [2.75, 3.05) is 0 Å². The summed E-state index contributed by atoms with van der Waals surface area (Å²) in [4.78, 5) is 10.2. The highest BCUT2D eigenvalue weighted by atomic mass is 16.4. The Labute approximate surface area is 111 Å². The summed E-state index contributed by atoms with van der Waals surface area (Å²) in [5.74, 6) is 0.0719. The molecule has 0 amide bonds. The maximum absolute atomic E-state index is 10.2. The van der Waals surface area contributed by atoms with Gasteiger partial charge < -0.3 is 9.52 Å². The number of allylic oxidation sites excluding steroid dienone is 3. The minimum atomic E-state index is -0.924. The van der Waals surface area contributed by atoms with Gasteiger partial charge in [0.05, 0.1) is 0 Å². The molecule has 98 valence electrons. The monoisotopic (exact) mass is 256 g/mol. The molecule has 0 aliphatic carbocycles. The van der Waals surface area contributed by atoms with Crippen molar-refractivity contribution in [3.8, 4) is 0 Å². The Morgan fingerprint density at radius 3 is 2.89 bits per heavy atom. The number of unbranched alkanes of at least 4 members (excludes halogenated alkanes) is 1. The number of para-hydroxylation sites is 1. The van der Waals surface area contributed by atoms with Crippen LogP contribution in [0, 0.1) is 0 Å². The highest BCUT2D eigenvalue weighted by Crippen LogP contribution is 2.20. The van der Waals surface area contributed by atoms with Crippen molar-refractivity contribution in [2.24, 2.45) is 0 Å². The Morgan fingerprint density at radius 2 is 2.11 bits per heavy atom. The lowest BCUT2D eigenvalue weighted by molar-refractivity contribution is -0.131. The van der Waals surface area contributed by atoms with E-state index in [0.29, 0.717) is 0 Å². The number of carboxylic acid groups (broad SMARTS) is 1. The number of furan rings is 1. The van der Waals surface area contributed by atoms with Gasteiger partial charge in [-0.2, -0.15) is 0 Å². The normalized spacial score (nSPS) is 11.8. The minimum Gasteiger partial charge on any atom is -0.478 e. The summed E-state index contributed by atoms with van der Waals surface area (Å²) in [6, 6.07) is 10.0. The molecule has 1 heterocycles. The summed E-state index contributed by atoms with van der Waals surface area (Å²) in [6.07, 6.45) is 9.15. The molecule has 2 rings (SSSR count). The van der Waals surface area contributed by atoms with Crippen molar-refractivity contribution in [3.05, 3.63) is 60.4 Å². The molecule has 0 saturated heterocycles. The molecule has 1 N–H and O–H groups in total. The van der Waals surface area contributed by atoms with Crippen LogP contribution in [-0.2, 0) is 11.2 Å². The number of fused-ring (bicyclic) bond motifs is 1. The van der Waals surface area contributed by atoms with Crippen molar-refractivity contribution in [1.29, 1.82) is 0 Å². The standard InChI is InChI=1S/C16H16O3/c17-16(18)11-5-3-1-2-4-9-14-12-13-8-6-7-10-15(13)19-14/h1,3,5-8,10-12H,2,4,9H2,(H,17,18). The third kappa shape index (κ3) is 4.14. The molecule has 0 radical (unpaired) electrons. The van der Waals surface area contributed by atoms with Crippen molar-refractivity contribution >= 4 is 16.9 Å². The first-order valence-electron chi connectivity index (χ1n) is 6.29. The molecule has 0 bridgehead atoms. The topological polar surface area (TPSA) is 50.4 Å². The van der Waals surface area contributed by atoms with E-state index >= 15 is 0 Å². The van der Waals surface area contributed by atoms with Crippen LogP contribution in [-0.4, -0.2) is 11.1 Å². The maximum atomic E-state index is 10.2. The molecule has 0 atom stereocenters. The van der Waals surface area contributed by atoms with Crippen LogP contribution in [0.4, 0.5) is 0 Å². The lowest BCUT2D eigenvalue weighted by Gasteiger charge is -1.92. The van der Waals surface area contributed by atoms with Gasteiger partial charge in [0.15, 0.2) is 0 Å². The van der Waals surface area contributed by atoms with E-state index in [-0.39, 0.29) is 0 Å². The number of aliphatic carboxylic acids is 1. The second-order valence-electron chi connectivity index (χ2n) is 4.27. The van der Waals surface area contributed by atoms with E-state index in [2.05, 4.69) is 6.07 Å². The largest absolute Gasteiger partial charge is 0.478 e. The SMILES string of the molecule is O=C(O)C=CC=CCCCc1cc2ccccc2o1. The third-order valence-corrected chi connectivity index (χ3v) is 2.76. The zero-order valence-corrected chi connectivity index (χ0v) is 10.6. The molecule has 2 aromatic rings. The molecule has 0 fully saturated rings. The van der Waals surface area contributed by atoms with Crippen molar-refractivity contribution < 1.29 is 14.3 Å². The second-order valence-corrected chi connectivity index (χ2v) is 4.27. The smallest absolute Gasteiger partial charge is 0.328 e. The first-order valence-corrected chi connectivity index (χ1v) is 6.29. The van der Waals surface area contributed by atoms with Crippen molar-refractivity contribution in [1.82, 2.24) is 0 Å². The zero-order chi connectivity index (χ0) is 13.5. The number of carboxylic acids is 1. The van der Waals surface area contributed by atoms with Gasteiger partial charge in [-0.25, -0.2) is 4.79 Å². The molecule has 0 unspecified atom stereocenters. The quantitative estimate of drug-likeness (QED) is 0.483. The summed E-state index contributed by atoms with van der Waals surface area (Å²) >= 11 is 0. The maximum Gasteiger partial charge on any atom is 0.328 e. The summed E-state index contributed by atoms with van der Waals surface area (Å²) in [7, 11) is 0. The van der Waals surface area contributed by atoms with E-state index in [1.54, 1.807) is 6.08 Å². The number of aryl methyl sites for hydroxylation is 1. The fourth-order valence-electron chi connectivity index (χ4n) is 1.87. The second kappa shape index (κ2) is 6.59. The Balaban J connectivity index is 1.78. The molecule has 19 heavy (non-hydrogen) atoms. The van der Waals surface area contributed by atoms with Crippen molar-refractivity contribution in [2.45, 2.75) is 19.3 Å². The lowest BCUT2D eigenvalue weighted by atomic mass is 10.2. The lowest BCUT2D eigenvalue weighted by Crippen LogP contribution is -1.84. The van der Waals surface area contributed by atoms with E-state index in [1.165, 1.54) is 6.08 Å². The predicted molar refractivity (Wildman–Crippen MR) is 75.1 cm³/mol. The Hall–Kier alpha value is -2.29. The van der Waals surface area contributed by atoms with Crippen LogP contribution in [0.2, 0.25) is 0 Å². The van der Waals surface area contributed by atoms with E-state index in [9.17, 15) is 4.79 Å². The van der Waals surface area contributed by atoms with Crippen molar-refractivity contribution in [3.63, 3.8) is 0 Å². The molecule has 3 nitrogen and oxygen atoms in total. The van der Waals surface area contributed by atoms with Gasteiger partial charge in [-0.3, -0.25) is 0 Å². The predicted octanol–water partition coefficient (Wildman–Crippen LogP) is 3.95. The first kappa shape index (κ1) is 13.1. The average molecular weight is 256 g/mol. The van der Waals surface area contributed by atoms with Gasteiger partial charge in [0.1, 0.15) is 11.3 Å². The van der Waals surface area contributed by atoms with E-state index in [1.807, 2.05) is 30.3 Å². The fraction of sp³-hybridized carbons (Fsp3) is 0.188. The average Bonchev–Trinajstić information content (AvgIpc) is 2.79. The molecule has 1 aromatic heterocycles. The third-order valence-electron chi connectivity index (χ3n) is 2.76. The van der Waals surface area contributed by atoms with Gasteiger partial charge in [-0.15, -0.1) is 0 Å². The molecule has 0 saturated carbocycles. The number of rotatable bonds is 6. The van der Waals surface area contributed by atoms with Gasteiger partial charge in [-0.1, -0.05) is 36.4 Å².